The van der Waals surface area contributed by atoms with Crippen LogP contribution in [0.2, 0.25) is 0 Å². The predicted octanol–water partition coefficient (Wildman–Crippen LogP) is 4.45. The molecular weight excluding hydrogens is 502 g/mol. The SMILES string of the molecule is O=C(N[C@@H](Cc1ccccc1)c1nc2ccccc2[nH]1)[C@@H](Cc1ccccc1)n1c(=O)[nH]c2ccccc2c1=O. The minimum Gasteiger partial charge on any atom is -0.344 e. The van der Waals surface area contributed by atoms with Crippen molar-refractivity contribution in [2.75, 3.05) is 0 Å². The molecule has 0 aliphatic heterocycles. The van der Waals surface area contributed by atoms with Crippen LogP contribution in [-0.2, 0) is 17.6 Å². The molecule has 1 amide bonds. The number of hydrogen-bond donors (Lipinski definition) is 3. The second-order valence-electron chi connectivity index (χ2n) is 9.75. The van der Waals surface area contributed by atoms with Crippen LogP contribution in [0.25, 0.3) is 21.9 Å². The van der Waals surface area contributed by atoms with Crippen molar-refractivity contribution in [3.63, 3.8) is 0 Å². The highest BCUT2D eigenvalue weighted by molar-refractivity contribution is 5.83. The lowest BCUT2D eigenvalue weighted by molar-refractivity contribution is -0.125. The van der Waals surface area contributed by atoms with Crippen LogP contribution in [0.5, 0.6) is 0 Å². The number of H-pyrrole nitrogens is 2. The summed E-state index contributed by atoms with van der Waals surface area (Å²) in [6.07, 6.45) is 0.625. The summed E-state index contributed by atoms with van der Waals surface area (Å²) in [6.45, 7) is 0. The molecule has 0 aliphatic carbocycles. The summed E-state index contributed by atoms with van der Waals surface area (Å²) in [6, 6.07) is 32.0. The van der Waals surface area contributed by atoms with Gasteiger partial charge < -0.3 is 15.3 Å². The van der Waals surface area contributed by atoms with Gasteiger partial charge in [-0.15, -0.1) is 0 Å². The molecule has 198 valence electrons. The third kappa shape index (κ3) is 5.07. The lowest BCUT2D eigenvalue weighted by Gasteiger charge is -2.23. The normalized spacial score (nSPS) is 12.8. The van der Waals surface area contributed by atoms with E-state index in [1.807, 2.05) is 84.9 Å². The van der Waals surface area contributed by atoms with Crippen LogP contribution < -0.4 is 16.6 Å². The third-order valence-electron chi connectivity index (χ3n) is 7.06. The van der Waals surface area contributed by atoms with Gasteiger partial charge in [-0.2, -0.15) is 0 Å². The van der Waals surface area contributed by atoms with Crippen LogP contribution >= 0.6 is 0 Å². The summed E-state index contributed by atoms with van der Waals surface area (Å²) in [5.74, 6) is 0.143. The average Bonchev–Trinajstić information content (AvgIpc) is 3.42. The topological polar surface area (TPSA) is 113 Å². The first kappa shape index (κ1) is 25.1. The smallest absolute Gasteiger partial charge is 0.329 e. The van der Waals surface area contributed by atoms with Crippen molar-refractivity contribution in [2.24, 2.45) is 0 Å². The predicted molar refractivity (Wildman–Crippen MR) is 155 cm³/mol. The second kappa shape index (κ2) is 10.9. The lowest BCUT2D eigenvalue weighted by Crippen LogP contribution is -2.46. The molecule has 40 heavy (non-hydrogen) atoms. The van der Waals surface area contributed by atoms with Gasteiger partial charge in [-0.1, -0.05) is 84.9 Å². The van der Waals surface area contributed by atoms with Gasteiger partial charge in [-0.25, -0.2) is 14.3 Å². The van der Waals surface area contributed by atoms with Gasteiger partial charge in [0.1, 0.15) is 11.9 Å². The first-order chi connectivity index (χ1) is 19.6. The van der Waals surface area contributed by atoms with Crippen LogP contribution in [0.15, 0.2) is 119 Å². The van der Waals surface area contributed by atoms with Crippen molar-refractivity contribution >= 4 is 27.8 Å². The largest absolute Gasteiger partial charge is 0.344 e. The minimum atomic E-state index is -1.09. The number of rotatable bonds is 8. The first-order valence-corrected chi connectivity index (χ1v) is 13.1. The van der Waals surface area contributed by atoms with E-state index in [0.717, 1.165) is 26.7 Å². The summed E-state index contributed by atoms with van der Waals surface area (Å²) in [4.78, 5) is 51.8. The van der Waals surface area contributed by atoms with E-state index in [1.54, 1.807) is 24.3 Å². The third-order valence-corrected chi connectivity index (χ3v) is 7.06. The molecule has 8 heteroatoms. The maximum atomic E-state index is 14.1. The summed E-state index contributed by atoms with van der Waals surface area (Å²) < 4.78 is 1.03. The molecule has 0 bridgehead atoms. The Hall–Kier alpha value is -5.24. The molecule has 4 aromatic carbocycles. The number of imidazole rings is 1. The van der Waals surface area contributed by atoms with Crippen LogP contribution in [0.4, 0.5) is 0 Å². The number of amides is 1. The van der Waals surface area contributed by atoms with Crippen molar-refractivity contribution in [3.8, 4) is 0 Å². The first-order valence-electron chi connectivity index (χ1n) is 13.1. The number of nitrogens with zero attached hydrogens (tertiary/aromatic N) is 2. The molecule has 6 rings (SSSR count). The molecule has 0 unspecified atom stereocenters. The standard InChI is InChI=1S/C32H27N5O3/c38-30(35-27(19-21-11-3-1-4-12-21)29-33-25-17-9-10-18-26(25)34-29)28(20-22-13-5-2-6-14-22)37-31(39)23-15-7-8-16-24(23)36-32(37)40/h1-18,27-28H,19-20H2,(H,33,34)(H,35,38)(H,36,40)/t27-,28+/m0/s1. The fourth-order valence-electron chi connectivity index (χ4n) is 5.07. The Balaban J connectivity index is 1.42. The monoisotopic (exact) mass is 529 g/mol. The van der Waals surface area contributed by atoms with Crippen molar-refractivity contribution < 1.29 is 4.79 Å². The van der Waals surface area contributed by atoms with Crippen molar-refractivity contribution in [1.82, 2.24) is 24.8 Å². The van der Waals surface area contributed by atoms with Gasteiger partial charge in [0.25, 0.3) is 5.56 Å². The van der Waals surface area contributed by atoms with E-state index >= 15 is 0 Å². The maximum Gasteiger partial charge on any atom is 0.329 e. The molecule has 2 atom stereocenters. The van der Waals surface area contributed by atoms with E-state index in [2.05, 4.69) is 15.3 Å². The molecular formula is C32H27N5O3. The number of carbonyl (C=O) groups excluding carboxylic acids is 1. The minimum absolute atomic E-state index is 0.159. The highest BCUT2D eigenvalue weighted by Crippen LogP contribution is 2.22. The number of nitrogens with one attached hydrogen (secondary N) is 3. The molecule has 0 saturated carbocycles. The fraction of sp³-hybridized carbons (Fsp3) is 0.125. The van der Waals surface area contributed by atoms with E-state index in [9.17, 15) is 14.4 Å². The zero-order valence-corrected chi connectivity index (χ0v) is 21.6. The second-order valence-corrected chi connectivity index (χ2v) is 9.75. The molecule has 0 radical (unpaired) electrons. The Morgan fingerprint density at radius 2 is 1.32 bits per heavy atom. The fourth-order valence-corrected chi connectivity index (χ4v) is 5.07. The van der Waals surface area contributed by atoms with E-state index in [-0.39, 0.29) is 6.42 Å². The van der Waals surface area contributed by atoms with Gasteiger partial charge in [-0.05, 0) is 41.8 Å². The van der Waals surface area contributed by atoms with Gasteiger partial charge in [0.05, 0.1) is 28.0 Å². The number of aromatic amines is 2. The van der Waals surface area contributed by atoms with Crippen molar-refractivity contribution in [1.29, 1.82) is 0 Å². The number of hydrogen-bond acceptors (Lipinski definition) is 4. The molecule has 0 saturated heterocycles. The van der Waals surface area contributed by atoms with Gasteiger partial charge in [-0.3, -0.25) is 9.59 Å². The molecule has 0 aliphatic rings. The molecule has 3 N–H and O–H groups in total. The summed E-state index contributed by atoms with van der Waals surface area (Å²) >= 11 is 0. The quantitative estimate of drug-likeness (QED) is 0.270. The number of fused-ring (bicyclic) bond motifs is 2. The molecule has 6 aromatic rings. The van der Waals surface area contributed by atoms with Crippen molar-refractivity contribution in [2.45, 2.75) is 24.9 Å². The number of aromatic nitrogens is 4. The van der Waals surface area contributed by atoms with Crippen LogP contribution in [0.3, 0.4) is 0 Å². The van der Waals surface area contributed by atoms with E-state index in [1.165, 1.54) is 0 Å². The number of benzene rings is 4. The van der Waals surface area contributed by atoms with Gasteiger partial charge in [0.15, 0.2) is 0 Å². The van der Waals surface area contributed by atoms with Crippen LogP contribution in [0.1, 0.15) is 29.0 Å². The Morgan fingerprint density at radius 1 is 0.725 bits per heavy atom. The van der Waals surface area contributed by atoms with Gasteiger partial charge in [0, 0.05) is 6.42 Å². The lowest BCUT2D eigenvalue weighted by atomic mass is 10.0. The Labute approximate surface area is 229 Å². The number of carbonyl (C=O) groups is 1. The van der Waals surface area contributed by atoms with E-state index in [4.69, 9.17) is 4.98 Å². The Kier molecular flexibility index (Phi) is 6.80. The zero-order chi connectivity index (χ0) is 27.5. The van der Waals surface area contributed by atoms with E-state index in [0.29, 0.717) is 23.1 Å². The number of para-hydroxylation sites is 3. The van der Waals surface area contributed by atoms with Crippen molar-refractivity contribution in [3.05, 3.63) is 147 Å². The highest BCUT2D eigenvalue weighted by atomic mass is 16.2. The molecule has 0 fully saturated rings. The zero-order valence-electron chi connectivity index (χ0n) is 21.6. The van der Waals surface area contributed by atoms with Gasteiger partial charge >= 0.3 is 5.69 Å². The molecule has 0 spiro atoms. The highest BCUT2D eigenvalue weighted by Gasteiger charge is 2.29. The van der Waals surface area contributed by atoms with Crippen LogP contribution in [0, 0.1) is 0 Å². The maximum absolute atomic E-state index is 14.1. The van der Waals surface area contributed by atoms with Crippen LogP contribution in [-0.4, -0.2) is 25.4 Å². The van der Waals surface area contributed by atoms with Gasteiger partial charge in [0.2, 0.25) is 5.91 Å². The average molecular weight is 530 g/mol. The molecule has 8 nitrogen and oxygen atoms in total. The van der Waals surface area contributed by atoms with E-state index < -0.39 is 29.2 Å². The Morgan fingerprint density at radius 3 is 2.02 bits per heavy atom. The summed E-state index contributed by atoms with van der Waals surface area (Å²) in [5, 5.41) is 3.46. The molecule has 2 aromatic heterocycles. The molecule has 2 heterocycles. The Bertz CT molecular complexity index is 1880. The summed E-state index contributed by atoms with van der Waals surface area (Å²) in [7, 11) is 0. The summed E-state index contributed by atoms with van der Waals surface area (Å²) in [5.41, 5.74) is 2.75.